The van der Waals surface area contributed by atoms with E-state index in [0.717, 1.165) is 19.5 Å². The molecular weight excluding hydrogens is 418 g/mol. The zero-order valence-corrected chi connectivity index (χ0v) is 17.6. The number of phosphoric ester groups is 1. The van der Waals surface area contributed by atoms with Crippen LogP contribution in [0.15, 0.2) is 6.33 Å². The fourth-order valence-electron chi connectivity index (χ4n) is 3.95. The third-order valence-corrected chi connectivity index (χ3v) is 7.05. The number of nitrogen functional groups attached to an aromatic ring is 1. The number of alkyl halides is 1. The van der Waals surface area contributed by atoms with Gasteiger partial charge in [0, 0.05) is 13.1 Å². The smallest absolute Gasteiger partial charge is 0.368 e. The van der Waals surface area contributed by atoms with Gasteiger partial charge in [-0.2, -0.15) is 9.97 Å². The van der Waals surface area contributed by atoms with Crippen LogP contribution in [-0.4, -0.2) is 63.7 Å². The molecule has 0 aromatic carbocycles. The van der Waals surface area contributed by atoms with Gasteiger partial charge in [0.15, 0.2) is 28.9 Å². The van der Waals surface area contributed by atoms with E-state index in [1.807, 2.05) is 11.8 Å². The molecule has 5 atom stereocenters. The maximum absolute atomic E-state index is 16.0. The minimum atomic E-state index is -3.85. The van der Waals surface area contributed by atoms with Crippen LogP contribution in [0.5, 0.6) is 0 Å². The van der Waals surface area contributed by atoms with Crippen LogP contribution in [0.25, 0.3) is 11.2 Å². The Morgan fingerprint density at radius 1 is 1.43 bits per heavy atom. The van der Waals surface area contributed by atoms with Crippen molar-refractivity contribution >= 4 is 30.8 Å². The minimum absolute atomic E-state index is 0.0687. The second-order valence-corrected chi connectivity index (χ2v) is 9.47. The summed E-state index contributed by atoms with van der Waals surface area (Å²) in [6.45, 7) is 4.97. The van der Waals surface area contributed by atoms with Crippen LogP contribution < -0.4 is 10.6 Å². The number of anilines is 2. The first-order valence-electron chi connectivity index (χ1n) is 9.99. The van der Waals surface area contributed by atoms with E-state index in [1.165, 1.54) is 17.8 Å². The largest absolute Gasteiger partial charge is 0.475 e. The van der Waals surface area contributed by atoms with Gasteiger partial charge in [0.1, 0.15) is 12.2 Å². The molecule has 0 bridgehead atoms. The molecule has 5 heterocycles. The van der Waals surface area contributed by atoms with E-state index in [9.17, 15) is 4.57 Å². The van der Waals surface area contributed by atoms with Crippen molar-refractivity contribution in [2.24, 2.45) is 0 Å². The molecule has 13 heteroatoms. The highest BCUT2D eigenvalue weighted by Crippen LogP contribution is 2.59. The van der Waals surface area contributed by atoms with Crippen molar-refractivity contribution in [2.75, 3.05) is 36.9 Å². The molecule has 3 saturated heterocycles. The normalized spacial score (nSPS) is 36.1. The summed E-state index contributed by atoms with van der Waals surface area (Å²) < 4.78 is 52.0. The van der Waals surface area contributed by atoms with E-state index in [2.05, 4.69) is 15.0 Å². The Balaban J connectivity index is 1.49. The highest BCUT2D eigenvalue weighted by atomic mass is 31.2. The quantitative estimate of drug-likeness (QED) is 0.689. The van der Waals surface area contributed by atoms with Gasteiger partial charge in [-0.25, -0.2) is 13.9 Å². The van der Waals surface area contributed by atoms with Gasteiger partial charge in [0.25, 0.3) is 0 Å². The number of nitrogens with two attached hydrogens (primary N) is 1. The van der Waals surface area contributed by atoms with Crippen molar-refractivity contribution < 1.29 is 27.3 Å². The van der Waals surface area contributed by atoms with Crippen LogP contribution in [-0.2, 0) is 22.9 Å². The van der Waals surface area contributed by atoms with Gasteiger partial charge >= 0.3 is 7.82 Å². The Bertz CT molecular complexity index is 1010. The van der Waals surface area contributed by atoms with E-state index in [0.29, 0.717) is 23.4 Å². The topological polar surface area (TPSA) is 127 Å². The fraction of sp³-hybridized carbons (Fsp3) is 0.706. The lowest BCUT2D eigenvalue weighted by Gasteiger charge is -2.33. The molecule has 0 amide bonds. The van der Waals surface area contributed by atoms with Crippen LogP contribution in [0.1, 0.15) is 32.9 Å². The molecule has 2 aromatic heterocycles. The summed E-state index contributed by atoms with van der Waals surface area (Å²) in [4.78, 5) is 15.0. The number of fused-ring (bicyclic) bond motifs is 2. The highest BCUT2D eigenvalue weighted by molar-refractivity contribution is 7.48. The summed E-state index contributed by atoms with van der Waals surface area (Å²) in [7, 11) is -3.85. The highest BCUT2D eigenvalue weighted by Gasteiger charge is 2.61. The zero-order chi connectivity index (χ0) is 21.1. The van der Waals surface area contributed by atoms with Crippen molar-refractivity contribution in [3.05, 3.63) is 6.33 Å². The Morgan fingerprint density at radius 2 is 2.23 bits per heavy atom. The number of nitrogens with zero attached hydrogens (tertiary/aromatic N) is 5. The molecule has 2 N–H and O–H groups in total. The molecule has 1 unspecified atom stereocenters. The van der Waals surface area contributed by atoms with Crippen molar-refractivity contribution in [2.45, 2.75) is 50.8 Å². The number of imidazole rings is 1. The molecule has 0 aliphatic carbocycles. The molecule has 0 spiro atoms. The molecule has 30 heavy (non-hydrogen) atoms. The van der Waals surface area contributed by atoms with Crippen LogP contribution in [0, 0.1) is 0 Å². The average Bonchev–Trinajstić information content (AvgIpc) is 3.17. The first-order valence-corrected chi connectivity index (χ1v) is 11.5. The predicted molar refractivity (Wildman–Crippen MR) is 105 cm³/mol. The van der Waals surface area contributed by atoms with Gasteiger partial charge < -0.3 is 15.4 Å². The van der Waals surface area contributed by atoms with Crippen molar-refractivity contribution in [1.29, 1.82) is 0 Å². The number of phosphoric acid groups is 1. The molecule has 3 aliphatic heterocycles. The standard InChI is InChI=1S/C17H24FN6O5P/c1-3-7-26-30(25)27-8-10-12(29-30)17(2,18)15(28-10)24-9-20-11-13(23-5-4-6-23)21-16(19)22-14(11)24/h9-10,12,15H,3-8H2,1-2H3,(H2,19,21,22)/t10?,12-,15-,17-,30+/m1/s1. The molecule has 5 rings (SSSR count). The molecule has 0 saturated carbocycles. The second kappa shape index (κ2) is 7.10. The van der Waals surface area contributed by atoms with E-state index < -0.39 is 31.9 Å². The van der Waals surface area contributed by atoms with Gasteiger partial charge in [-0.15, -0.1) is 0 Å². The summed E-state index contributed by atoms with van der Waals surface area (Å²) >= 11 is 0. The average molecular weight is 442 g/mol. The number of ether oxygens (including phenoxy) is 1. The van der Waals surface area contributed by atoms with Crippen LogP contribution in [0.2, 0.25) is 0 Å². The molecule has 164 valence electrons. The van der Waals surface area contributed by atoms with Gasteiger partial charge in [-0.05, 0) is 19.8 Å². The number of halogens is 1. The Kier molecular flexibility index (Phi) is 4.75. The minimum Gasteiger partial charge on any atom is -0.368 e. The monoisotopic (exact) mass is 442 g/mol. The van der Waals surface area contributed by atoms with Crippen LogP contribution >= 0.6 is 7.82 Å². The van der Waals surface area contributed by atoms with Gasteiger partial charge in [0.2, 0.25) is 5.95 Å². The maximum atomic E-state index is 16.0. The van der Waals surface area contributed by atoms with Crippen molar-refractivity contribution in [1.82, 2.24) is 19.5 Å². The third-order valence-electron chi connectivity index (χ3n) is 5.60. The number of aromatic nitrogens is 4. The van der Waals surface area contributed by atoms with Gasteiger partial charge in [-0.3, -0.25) is 18.1 Å². The number of hydrogen-bond donors (Lipinski definition) is 1. The second-order valence-electron chi connectivity index (χ2n) is 7.85. The van der Waals surface area contributed by atoms with Gasteiger partial charge in [-0.1, -0.05) is 6.92 Å². The molecule has 11 nitrogen and oxygen atoms in total. The summed E-state index contributed by atoms with van der Waals surface area (Å²) in [5.41, 5.74) is 4.75. The molecular formula is C17H24FN6O5P. The summed E-state index contributed by atoms with van der Waals surface area (Å²) in [5, 5.41) is 0. The predicted octanol–water partition coefficient (Wildman–Crippen LogP) is 2.19. The first-order chi connectivity index (χ1) is 14.3. The Labute approximate surface area is 172 Å². The zero-order valence-electron chi connectivity index (χ0n) is 16.7. The lowest BCUT2D eigenvalue weighted by atomic mass is 9.98. The number of rotatable bonds is 5. The van der Waals surface area contributed by atoms with Crippen LogP contribution in [0.3, 0.4) is 0 Å². The molecule has 2 aromatic rings. The van der Waals surface area contributed by atoms with E-state index >= 15 is 4.39 Å². The third kappa shape index (κ3) is 3.09. The Morgan fingerprint density at radius 3 is 2.93 bits per heavy atom. The summed E-state index contributed by atoms with van der Waals surface area (Å²) in [6.07, 6.45) is 0.113. The SMILES string of the molecule is CCCO[P@@]1(=O)OCC2O[C@@H](n3cnc4c(N5CCC5)nc(N)nc43)[C@](C)(F)[C@@H]2O1. The van der Waals surface area contributed by atoms with E-state index in [4.69, 9.17) is 24.0 Å². The molecule has 0 radical (unpaired) electrons. The summed E-state index contributed by atoms with van der Waals surface area (Å²) in [5.74, 6) is 0.690. The van der Waals surface area contributed by atoms with Crippen molar-refractivity contribution in [3.8, 4) is 0 Å². The van der Waals surface area contributed by atoms with E-state index in [1.54, 1.807) is 0 Å². The lowest BCUT2D eigenvalue weighted by molar-refractivity contribution is -0.0706. The van der Waals surface area contributed by atoms with Gasteiger partial charge in [0.05, 0.1) is 19.5 Å². The summed E-state index contributed by atoms with van der Waals surface area (Å²) in [6, 6.07) is 0. The first kappa shape index (κ1) is 20.1. The molecule has 3 fully saturated rings. The van der Waals surface area contributed by atoms with E-state index in [-0.39, 0.29) is 19.2 Å². The van der Waals surface area contributed by atoms with Crippen molar-refractivity contribution in [3.63, 3.8) is 0 Å². The number of hydrogen-bond acceptors (Lipinski definition) is 10. The maximum Gasteiger partial charge on any atom is 0.475 e. The fourth-order valence-corrected chi connectivity index (χ4v) is 5.50. The Hall–Kier alpha value is -1.85. The lowest BCUT2D eigenvalue weighted by Crippen LogP contribution is -2.44. The molecule has 3 aliphatic rings. The van der Waals surface area contributed by atoms with Crippen LogP contribution in [0.4, 0.5) is 16.2 Å².